The lowest BCUT2D eigenvalue weighted by atomic mass is 9.98. The van der Waals surface area contributed by atoms with Crippen molar-refractivity contribution in [3.8, 4) is 23.6 Å². The van der Waals surface area contributed by atoms with E-state index in [1.807, 2.05) is 25.1 Å². The van der Waals surface area contributed by atoms with Crippen molar-refractivity contribution in [2.24, 2.45) is 0 Å². The third-order valence-corrected chi connectivity index (χ3v) is 3.88. The van der Waals surface area contributed by atoms with Crippen LogP contribution in [0.2, 0.25) is 0 Å². The second kappa shape index (κ2) is 9.22. The van der Waals surface area contributed by atoms with E-state index in [1.54, 1.807) is 36.4 Å². The van der Waals surface area contributed by atoms with E-state index in [9.17, 15) is 4.79 Å². The van der Waals surface area contributed by atoms with E-state index in [0.29, 0.717) is 23.0 Å². The number of carbonyl (C=O) groups excluding carboxylic acids is 1. The van der Waals surface area contributed by atoms with Gasteiger partial charge < -0.3 is 9.47 Å². The molecule has 0 atom stereocenters. The highest BCUT2D eigenvalue weighted by atomic mass is 16.6. The molecule has 0 bridgehead atoms. The quantitative estimate of drug-likeness (QED) is 0.429. The smallest absolute Gasteiger partial charge is 0.349 e. The molecule has 2 aromatic rings. The minimum atomic E-state index is -0.515. The van der Waals surface area contributed by atoms with Gasteiger partial charge in [0.25, 0.3) is 0 Å². The van der Waals surface area contributed by atoms with E-state index >= 15 is 0 Å². The molecule has 0 radical (unpaired) electrons. The predicted octanol–water partition coefficient (Wildman–Crippen LogP) is 4.53. The lowest BCUT2D eigenvalue weighted by Crippen LogP contribution is -2.17. The molecule has 2 rings (SSSR count). The highest BCUT2D eigenvalue weighted by Gasteiger charge is 2.09. The molecule has 27 heavy (non-hydrogen) atoms. The van der Waals surface area contributed by atoms with Crippen LogP contribution in [0, 0.1) is 29.6 Å². The zero-order valence-electron chi connectivity index (χ0n) is 15.5. The molecule has 136 valence electrons. The molecular formula is C22H20N2O3. The molecule has 0 aliphatic carbocycles. The Hall–Kier alpha value is -3.57. The van der Waals surface area contributed by atoms with E-state index in [1.165, 1.54) is 11.6 Å². The Labute approximate surface area is 159 Å². The minimum absolute atomic E-state index is 0.00641. The number of carbonyl (C=O) groups is 1. The summed E-state index contributed by atoms with van der Waals surface area (Å²) >= 11 is 0. The second-order valence-electron chi connectivity index (χ2n) is 6.29. The minimum Gasteiger partial charge on any atom is -0.482 e. The van der Waals surface area contributed by atoms with Crippen LogP contribution >= 0.6 is 0 Å². The average molecular weight is 360 g/mol. The Morgan fingerprint density at radius 3 is 2.26 bits per heavy atom. The predicted molar refractivity (Wildman–Crippen MR) is 102 cm³/mol. The van der Waals surface area contributed by atoms with Gasteiger partial charge in [-0.05, 0) is 59.9 Å². The van der Waals surface area contributed by atoms with Gasteiger partial charge in [0.1, 0.15) is 29.2 Å². The molecule has 2 aromatic carbocycles. The van der Waals surface area contributed by atoms with E-state index in [-0.39, 0.29) is 12.2 Å². The number of rotatable bonds is 6. The molecule has 0 aromatic heterocycles. The van der Waals surface area contributed by atoms with Gasteiger partial charge in [-0.3, -0.25) is 0 Å². The molecule has 0 fully saturated rings. The zero-order valence-corrected chi connectivity index (χ0v) is 15.5. The molecule has 0 spiro atoms. The molecule has 0 aliphatic heterocycles. The maximum absolute atomic E-state index is 12.0. The number of benzene rings is 2. The highest BCUT2D eigenvalue weighted by molar-refractivity contribution is 5.74. The summed E-state index contributed by atoms with van der Waals surface area (Å²) in [4.78, 5) is 12.0. The lowest BCUT2D eigenvalue weighted by molar-refractivity contribution is -0.136. The first kappa shape index (κ1) is 19.8. The van der Waals surface area contributed by atoms with Crippen molar-refractivity contribution in [3.63, 3.8) is 0 Å². The molecule has 0 amide bonds. The van der Waals surface area contributed by atoms with E-state index < -0.39 is 5.97 Å². The van der Waals surface area contributed by atoms with Gasteiger partial charge in [0.05, 0.1) is 0 Å². The summed E-state index contributed by atoms with van der Waals surface area (Å²) in [5, 5.41) is 17.5. The summed E-state index contributed by atoms with van der Waals surface area (Å²) in [7, 11) is 0. The standard InChI is InChI=1S/C22H20N2O3/c1-15(2)21-9-8-20(10-16(21)3)26-14-22(25)27-19-6-4-17(5-7-19)11-18(12-23)13-24/h4-11,15H,14H2,1-3H3. The van der Waals surface area contributed by atoms with Crippen molar-refractivity contribution >= 4 is 12.0 Å². The lowest BCUT2D eigenvalue weighted by Gasteiger charge is -2.12. The molecule has 0 unspecified atom stereocenters. The molecule has 0 saturated carbocycles. The van der Waals surface area contributed by atoms with Crippen LogP contribution in [0.15, 0.2) is 48.0 Å². The Morgan fingerprint density at radius 1 is 1.07 bits per heavy atom. The van der Waals surface area contributed by atoms with Crippen LogP contribution in [0.1, 0.15) is 36.5 Å². The highest BCUT2D eigenvalue weighted by Crippen LogP contribution is 2.23. The van der Waals surface area contributed by atoms with Gasteiger partial charge in [-0.2, -0.15) is 10.5 Å². The second-order valence-corrected chi connectivity index (χ2v) is 6.29. The fourth-order valence-corrected chi connectivity index (χ4v) is 2.58. The zero-order chi connectivity index (χ0) is 19.8. The van der Waals surface area contributed by atoms with Crippen molar-refractivity contribution < 1.29 is 14.3 Å². The number of aryl methyl sites for hydroxylation is 1. The number of nitriles is 2. The number of esters is 1. The van der Waals surface area contributed by atoms with Crippen LogP contribution < -0.4 is 9.47 Å². The maximum atomic E-state index is 12.0. The van der Waals surface area contributed by atoms with Crippen molar-refractivity contribution in [1.82, 2.24) is 0 Å². The molecule has 0 saturated heterocycles. The molecule has 0 heterocycles. The van der Waals surface area contributed by atoms with Crippen LogP contribution in [0.5, 0.6) is 11.5 Å². The normalized spacial score (nSPS) is 9.85. The Morgan fingerprint density at radius 2 is 1.70 bits per heavy atom. The monoisotopic (exact) mass is 360 g/mol. The third kappa shape index (κ3) is 5.73. The van der Waals surface area contributed by atoms with Gasteiger partial charge in [-0.15, -0.1) is 0 Å². The van der Waals surface area contributed by atoms with Crippen molar-refractivity contribution in [2.75, 3.05) is 6.61 Å². The van der Waals surface area contributed by atoms with Gasteiger partial charge in [0.15, 0.2) is 6.61 Å². The van der Waals surface area contributed by atoms with Gasteiger partial charge >= 0.3 is 5.97 Å². The summed E-state index contributed by atoms with van der Waals surface area (Å²) in [5.41, 5.74) is 3.04. The fourth-order valence-electron chi connectivity index (χ4n) is 2.58. The van der Waals surface area contributed by atoms with E-state index in [4.69, 9.17) is 20.0 Å². The van der Waals surface area contributed by atoms with E-state index in [0.717, 1.165) is 5.56 Å². The van der Waals surface area contributed by atoms with Crippen LogP contribution in [-0.2, 0) is 4.79 Å². The molecule has 0 aliphatic rings. The van der Waals surface area contributed by atoms with Gasteiger partial charge in [0.2, 0.25) is 0 Å². The number of hydrogen-bond acceptors (Lipinski definition) is 5. The van der Waals surface area contributed by atoms with Crippen LogP contribution in [-0.4, -0.2) is 12.6 Å². The van der Waals surface area contributed by atoms with Gasteiger partial charge in [-0.1, -0.05) is 32.0 Å². The largest absolute Gasteiger partial charge is 0.482 e. The van der Waals surface area contributed by atoms with Gasteiger partial charge in [-0.25, -0.2) is 4.79 Å². The summed E-state index contributed by atoms with van der Waals surface area (Å²) in [6.45, 7) is 6.07. The Kier molecular flexibility index (Phi) is 6.74. The van der Waals surface area contributed by atoms with Crippen molar-refractivity contribution in [2.45, 2.75) is 26.7 Å². The molecular weight excluding hydrogens is 340 g/mol. The maximum Gasteiger partial charge on any atom is 0.349 e. The van der Waals surface area contributed by atoms with Crippen molar-refractivity contribution in [1.29, 1.82) is 10.5 Å². The number of nitrogens with zero attached hydrogens (tertiary/aromatic N) is 2. The number of hydrogen-bond donors (Lipinski definition) is 0. The summed E-state index contributed by atoms with van der Waals surface area (Å²) < 4.78 is 10.7. The summed E-state index contributed by atoms with van der Waals surface area (Å²) in [5.74, 6) is 0.898. The summed E-state index contributed by atoms with van der Waals surface area (Å²) in [6, 6.07) is 15.8. The van der Waals surface area contributed by atoms with Crippen molar-refractivity contribution in [3.05, 3.63) is 64.7 Å². The van der Waals surface area contributed by atoms with Gasteiger partial charge in [0, 0.05) is 0 Å². The number of allylic oxidation sites excluding steroid dienone is 1. The van der Waals surface area contributed by atoms with Crippen LogP contribution in [0.3, 0.4) is 0 Å². The SMILES string of the molecule is Cc1cc(OCC(=O)Oc2ccc(C=C(C#N)C#N)cc2)ccc1C(C)C. The Balaban J connectivity index is 1.93. The Bertz CT molecular complexity index is 914. The van der Waals surface area contributed by atoms with E-state index in [2.05, 4.69) is 13.8 Å². The molecule has 0 N–H and O–H groups in total. The first-order valence-electron chi connectivity index (χ1n) is 8.49. The first-order chi connectivity index (χ1) is 12.9. The van der Waals surface area contributed by atoms with Crippen LogP contribution in [0.4, 0.5) is 0 Å². The topological polar surface area (TPSA) is 83.1 Å². The fraction of sp³-hybridized carbons (Fsp3) is 0.227. The number of ether oxygens (including phenoxy) is 2. The third-order valence-electron chi connectivity index (χ3n) is 3.88. The summed E-state index contributed by atoms with van der Waals surface area (Å²) in [6.07, 6.45) is 1.46. The molecule has 5 heteroatoms. The van der Waals surface area contributed by atoms with Crippen LogP contribution in [0.25, 0.3) is 6.08 Å². The molecule has 5 nitrogen and oxygen atoms in total. The average Bonchev–Trinajstić information content (AvgIpc) is 2.65. The first-order valence-corrected chi connectivity index (χ1v) is 8.49.